The van der Waals surface area contributed by atoms with E-state index in [2.05, 4.69) is 47.6 Å². The van der Waals surface area contributed by atoms with Gasteiger partial charge < -0.3 is 0 Å². The molecule has 0 saturated heterocycles. The largest absolute Gasteiger partial charge is 0.179 e. The molecule has 0 nitrogen and oxygen atoms in total. The Bertz CT molecular complexity index is 220. The van der Waals surface area contributed by atoms with Crippen molar-refractivity contribution in [1.82, 2.24) is 0 Å². The van der Waals surface area contributed by atoms with Gasteiger partial charge in [0.25, 0.3) is 0 Å². The zero-order valence-electron chi connectivity index (χ0n) is 6.38. The molecule has 11 heavy (non-hydrogen) atoms. The number of hydrogen-bond donors (Lipinski definition) is 1. The number of rotatable bonds is 3. The third kappa shape index (κ3) is 2.80. The molecule has 0 amide bonds. The quantitative estimate of drug-likeness (QED) is 0.773. The van der Waals surface area contributed by atoms with Gasteiger partial charge in [-0.3, -0.25) is 0 Å². The lowest BCUT2D eigenvalue weighted by Crippen LogP contribution is -1.89. The summed E-state index contributed by atoms with van der Waals surface area (Å²) >= 11 is 9.48. The summed E-state index contributed by atoms with van der Waals surface area (Å²) in [6, 6.07) is 4.29. The molecular formula is C8H11BrS2. The molecule has 0 aromatic carbocycles. The van der Waals surface area contributed by atoms with E-state index in [-0.39, 0.29) is 0 Å². The van der Waals surface area contributed by atoms with Crippen LogP contribution in [0.4, 0.5) is 0 Å². The topological polar surface area (TPSA) is 0 Å². The lowest BCUT2D eigenvalue weighted by atomic mass is 10.1. The first-order valence-electron chi connectivity index (χ1n) is 3.60. The summed E-state index contributed by atoms with van der Waals surface area (Å²) in [5.41, 5.74) is 0. The van der Waals surface area contributed by atoms with Crippen molar-refractivity contribution in [3.8, 4) is 0 Å². The van der Waals surface area contributed by atoms with E-state index in [1.54, 1.807) is 0 Å². The van der Waals surface area contributed by atoms with Crippen LogP contribution in [0.15, 0.2) is 15.9 Å². The SMILES string of the molecule is CC(CCS)c1ccc(Br)s1. The van der Waals surface area contributed by atoms with E-state index < -0.39 is 0 Å². The second kappa shape index (κ2) is 4.53. The van der Waals surface area contributed by atoms with Crippen LogP contribution in [-0.4, -0.2) is 5.75 Å². The van der Waals surface area contributed by atoms with Crippen molar-refractivity contribution in [2.24, 2.45) is 0 Å². The van der Waals surface area contributed by atoms with Crippen molar-refractivity contribution in [1.29, 1.82) is 0 Å². The highest BCUT2D eigenvalue weighted by molar-refractivity contribution is 9.11. The van der Waals surface area contributed by atoms with Gasteiger partial charge in [-0.2, -0.15) is 12.6 Å². The van der Waals surface area contributed by atoms with Crippen molar-refractivity contribution in [3.05, 3.63) is 20.8 Å². The second-order valence-corrected chi connectivity index (χ2v) is 5.50. The van der Waals surface area contributed by atoms with E-state index in [1.165, 1.54) is 8.66 Å². The molecule has 0 radical (unpaired) electrons. The van der Waals surface area contributed by atoms with Gasteiger partial charge >= 0.3 is 0 Å². The Morgan fingerprint density at radius 3 is 2.82 bits per heavy atom. The molecule has 0 aliphatic carbocycles. The van der Waals surface area contributed by atoms with E-state index in [0.717, 1.165) is 12.2 Å². The van der Waals surface area contributed by atoms with E-state index in [9.17, 15) is 0 Å². The minimum Gasteiger partial charge on any atom is -0.179 e. The van der Waals surface area contributed by atoms with Crippen LogP contribution in [0.3, 0.4) is 0 Å². The molecule has 0 saturated carbocycles. The Balaban J connectivity index is 2.60. The van der Waals surface area contributed by atoms with Crippen LogP contribution < -0.4 is 0 Å². The number of thiol groups is 1. The van der Waals surface area contributed by atoms with Crippen LogP contribution in [-0.2, 0) is 0 Å². The van der Waals surface area contributed by atoms with Gasteiger partial charge in [-0.1, -0.05) is 6.92 Å². The summed E-state index contributed by atoms with van der Waals surface area (Å²) in [5, 5.41) is 0. The Kier molecular flexibility index (Phi) is 3.96. The predicted octanol–water partition coefficient (Wildman–Crippen LogP) is 3.93. The van der Waals surface area contributed by atoms with Gasteiger partial charge in [0.05, 0.1) is 3.79 Å². The number of halogens is 1. The average molecular weight is 251 g/mol. The van der Waals surface area contributed by atoms with E-state index >= 15 is 0 Å². The zero-order chi connectivity index (χ0) is 8.27. The molecule has 1 unspecified atom stereocenters. The third-order valence-electron chi connectivity index (χ3n) is 1.64. The molecule has 0 fully saturated rings. The molecular weight excluding hydrogens is 240 g/mol. The van der Waals surface area contributed by atoms with Gasteiger partial charge in [0.2, 0.25) is 0 Å². The summed E-state index contributed by atoms with van der Waals surface area (Å²) in [6.07, 6.45) is 1.16. The van der Waals surface area contributed by atoms with Crippen LogP contribution in [0.2, 0.25) is 0 Å². The van der Waals surface area contributed by atoms with Gasteiger partial charge in [-0.25, -0.2) is 0 Å². The predicted molar refractivity (Wildman–Crippen MR) is 58.9 cm³/mol. The molecule has 0 aliphatic rings. The summed E-state index contributed by atoms with van der Waals surface area (Å²) in [4.78, 5) is 1.45. The highest BCUT2D eigenvalue weighted by Crippen LogP contribution is 2.30. The maximum atomic E-state index is 4.21. The van der Waals surface area contributed by atoms with Crippen LogP contribution in [0.1, 0.15) is 24.1 Å². The molecule has 0 N–H and O–H groups in total. The molecule has 1 aromatic rings. The van der Waals surface area contributed by atoms with Crippen molar-refractivity contribution >= 4 is 39.9 Å². The Morgan fingerprint density at radius 2 is 2.36 bits per heavy atom. The normalized spacial score (nSPS) is 13.4. The van der Waals surface area contributed by atoms with Gasteiger partial charge in [0, 0.05) is 4.88 Å². The van der Waals surface area contributed by atoms with Crippen molar-refractivity contribution in [3.63, 3.8) is 0 Å². The van der Waals surface area contributed by atoms with Gasteiger partial charge in [0.1, 0.15) is 0 Å². The summed E-state index contributed by atoms with van der Waals surface area (Å²) in [6.45, 7) is 2.24. The van der Waals surface area contributed by atoms with Crippen LogP contribution in [0, 0.1) is 0 Å². The summed E-state index contributed by atoms with van der Waals surface area (Å²) < 4.78 is 1.22. The fourth-order valence-electron chi connectivity index (χ4n) is 0.929. The fraction of sp³-hybridized carbons (Fsp3) is 0.500. The van der Waals surface area contributed by atoms with Crippen molar-refractivity contribution in [2.75, 3.05) is 5.75 Å². The maximum Gasteiger partial charge on any atom is 0.0701 e. The van der Waals surface area contributed by atoms with E-state index in [1.807, 2.05) is 11.3 Å². The van der Waals surface area contributed by atoms with E-state index in [0.29, 0.717) is 5.92 Å². The minimum absolute atomic E-state index is 0.656. The fourth-order valence-corrected chi connectivity index (χ4v) is 2.83. The second-order valence-electron chi connectivity index (χ2n) is 2.56. The average Bonchev–Trinajstić information content (AvgIpc) is 2.36. The van der Waals surface area contributed by atoms with E-state index in [4.69, 9.17) is 0 Å². The van der Waals surface area contributed by atoms with Gasteiger partial charge in [-0.15, -0.1) is 11.3 Å². The van der Waals surface area contributed by atoms with Crippen molar-refractivity contribution in [2.45, 2.75) is 19.3 Å². The molecule has 0 aliphatic heterocycles. The van der Waals surface area contributed by atoms with Gasteiger partial charge in [-0.05, 0) is 46.2 Å². The first-order chi connectivity index (χ1) is 5.24. The summed E-state index contributed by atoms with van der Waals surface area (Å²) in [5.74, 6) is 1.63. The standard InChI is InChI=1S/C8H11BrS2/c1-6(4-5-10)7-2-3-8(9)11-7/h2-3,6,10H,4-5H2,1H3. The Morgan fingerprint density at radius 1 is 1.64 bits per heavy atom. The first-order valence-corrected chi connectivity index (χ1v) is 5.84. The lowest BCUT2D eigenvalue weighted by Gasteiger charge is -2.04. The molecule has 1 atom stereocenters. The zero-order valence-corrected chi connectivity index (χ0v) is 9.68. The third-order valence-corrected chi connectivity index (χ3v) is 3.76. The minimum atomic E-state index is 0.656. The monoisotopic (exact) mass is 250 g/mol. The smallest absolute Gasteiger partial charge is 0.0701 e. The van der Waals surface area contributed by atoms with Gasteiger partial charge in [0.15, 0.2) is 0 Å². The highest BCUT2D eigenvalue weighted by Gasteiger charge is 2.06. The van der Waals surface area contributed by atoms with Crippen LogP contribution in [0.25, 0.3) is 0 Å². The number of thiophene rings is 1. The molecule has 3 heteroatoms. The lowest BCUT2D eigenvalue weighted by molar-refractivity contribution is 0.757. The Labute approximate surface area is 85.6 Å². The molecule has 0 bridgehead atoms. The molecule has 1 heterocycles. The molecule has 1 aromatic heterocycles. The molecule has 62 valence electrons. The first kappa shape index (κ1) is 9.62. The summed E-state index contributed by atoms with van der Waals surface area (Å²) in [7, 11) is 0. The highest BCUT2D eigenvalue weighted by atomic mass is 79.9. The molecule has 1 rings (SSSR count). The van der Waals surface area contributed by atoms with Crippen LogP contribution >= 0.6 is 39.9 Å². The maximum absolute atomic E-state index is 4.21. The molecule has 0 spiro atoms. The number of hydrogen-bond acceptors (Lipinski definition) is 2. The van der Waals surface area contributed by atoms with Crippen molar-refractivity contribution < 1.29 is 0 Å². The van der Waals surface area contributed by atoms with Crippen LogP contribution in [0.5, 0.6) is 0 Å². The Hall–Kier alpha value is 0.530.